The number of hydrogen-bond donors (Lipinski definition) is 1. The minimum absolute atomic E-state index is 0.0179. The van der Waals surface area contributed by atoms with Crippen molar-refractivity contribution in [2.75, 3.05) is 19.3 Å². The maximum absolute atomic E-state index is 12.5. The quantitative estimate of drug-likeness (QED) is 0.841. The monoisotopic (exact) mass is 334 g/mol. The van der Waals surface area contributed by atoms with Crippen molar-refractivity contribution in [1.82, 2.24) is 10.2 Å². The van der Waals surface area contributed by atoms with E-state index in [1.54, 1.807) is 11.8 Å². The normalized spacial score (nSPS) is 19.3. The van der Waals surface area contributed by atoms with Crippen LogP contribution in [0.5, 0.6) is 0 Å². The summed E-state index contributed by atoms with van der Waals surface area (Å²) < 4.78 is 0. The predicted molar refractivity (Wildman–Crippen MR) is 94.4 cm³/mol. The molecule has 0 saturated carbocycles. The van der Waals surface area contributed by atoms with Gasteiger partial charge in [0.2, 0.25) is 11.8 Å². The van der Waals surface area contributed by atoms with E-state index in [2.05, 4.69) is 29.6 Å². The number of carbonyl (C=O) groups excluding carboxylic acids is 2. The number of rotatable bonds is 5. The number of piperidine rings is 1. The van der Waals surface area contributed by atoms with Crippen LogP contribution in [0.3, 0.4) is 0 Å². The molecule has 0 bridgehead atoms. The fraction of sp³-hybridized carbons (Fsp3) is 0.556. The molecule has 1 N–H and O–H groups in total. The summed E-state index contributed by atoms with van der Waals surface area (Å²) >= 11 is 1.71. The summed E-state index contributed by atoms with van der Waals surface area (Å²) in [5.74, 6) is 0.107. The van der Waals surface area contributed by atoms with E-state index in [4.69, 9.17) is 0 Å². The minimum Gasteiger partial charge on any atom is -0.349 e. The lowest BCUT2D eigenvalue weighted by molar-refractivity contribution is -0.135. The third-order valence-corrected chi connectivity index (χ3v) is 5.17. The zero-order valence-corrected chi connectivity index (χ0v) is 15.0. The van der Waals surface area contributed by atoms with Gasteiger partial charge in [-0.2, -0.15) is 0 Å². The lowest BCUT2D eigenvalue weighted by Gasteiger charge is -2.32. The van der Waals surface area contributed by atoms with Crippen LogP contribution in [0, 0.1) is 5.92 Å². The molecule has 1 fully saturated rings. The Bertz CT molecular complexity index is 544. The second-order valence-corrected chi connectivity index (χ2v) is 6.92. The van der Waals surface area contributed by atoms with Gasteiger partial charge in [-0.3, -0.25) is 9.59 Å². The van der Waals surface area contributed by atoms with Crippen LogP contribution in [0.15, 0.2) is 29.2 Å². The highest BCUT2D eigenvalue weighted by molar-refractivity contribution is 7.98. The lowest BCUT2D eigenvalue weighted by atomic mass is 9.96. The Morgan fingerprint density at radius 2 is 2.04 bits per heavy atom. The van der Waals surface area contributed by atoms with E-state index in [1.807, 2.05) is 25.0 Å². The number of carbonyl (C=O) groups is 2. The van der Waals surface area contributed by atoms with Crippen LogP contribution >= 0.6 is 11.8 Å². The molecule has 1 saturated heterocycles. The van der Waals surface area contributed by atoms with Gasteiger partial charge in [0.25, 0.3) is 0 Å². The first-order valence-corrected chi connectivity index (χ1v) is 9.49. The molecule has 23 heavy (non-hydrogen) atoms. The van der Waals surface area contributed by atoms with E-state index in [0.29, 0.717) is 13.0 Å². The van der Waals surface area contributed by atoms with E-state index in [9.17, 15) is 9.59 Å². The maximum atomic E-state index is 12.5. The van der Waals surface area contributed by atoms with Gasteiger partial charge in [-0.25, -0.2) is 0 Å². The van der Waals surface area contributed by atoms with Crippen molar-refractivity contribution in [3.63, 3.8) is 0 Å². The summed E-state index contributed by atoms with van der Waals surface area (Å²) in [5, 5.41) is 3.10. The first-order chi connectivity index (χ1) is 11.0. The zero-order chi connectivity index (χ0) is 16.8. The molecule has 1 aromatic carbocycles. The molecular formula is C18H26N2O2S. The summed E-state index contributed by atoms with van der Waals surface area (Å²) in [6.07, 6.45) is 4.32. The first-order valence-electron chi connectivity index (χ1n) is 8.27. The number of thioether (sulfide) groups is 1. The van der Waals surface area contributed by atoms with Gasteiger partial charge in [-0.05, 0) is 43.7 Å². The largest absolute Gasteiger partial charge is 0.349 e. The molecule has 0 radical (unpaired) electrons. The summed E-state index contributed by atoms with van der Waals surface area (Å²) in [7, 11) is 0. The highest BCUT2D eigenvalue weighted by Gasteiger charge is 2.28. The van der Waals surface area contributed by atoms with Crippen LogP contribution in [-0.4, -0.2) is 36.1 Å². The third kappa shape index (κ3) is 4.74. The van der Waals surface area contributed by atoms with Gasteiger partial charge in [0.05, 0.1) is 12.0 Å². The standard InChI is InChI=1S/C18H26N2O2S/c1-4-17(21)20-11-5-6-15(12-20)18(22)19-13(2)14-7-9-16(23-3)10-8-14/h7-10,13,15H,4-6,11-12H2,1-3H3,(H,19,22)/t13-,15-/m0/s1. The van der Waals surface area contributed by atoms with Gasteiger partial charge in [0, 0.05) is 24.4 Å². The number of nitrogens with zero attached hydrogens (tertiary/aromatic N) is 1. The van der Waals surface area contributed by atoms with Crippen molar-refractivity contribution in [3.05, 3.63) is 29.8 Å². The molecule has 5 heteroatoms. The number of amides is 2. The van der Waals surface area contributed by atoms with Crippen molar-refractivity contribution in [2.24, 2.45) is 5.92 Å². The van der Waals surface area contributed by atoms with E-state index >= 15 is 0 Å². The molecule has 1 aliphatic heterocycles. The fourth-order valence-corrected chi connectivity index (χ4v) is 3.36. The van der Waals surface area contributed by atoms with Gasteiger partial charge in [0.15, 0.2) is 0 Å². The van der Waals surface area contributed by atoms with E-state index in [0.717, 1.165) is 24.9 Å². The molecule has 4 nitrogen and oxygen atoms in total. The third-order valence-electron chi connectivity index (χ3n) is 4.42. The van der Waals surface area contributed by atoms with E-state index < -0.39 is 0 Å². The Balaban J connectivity index is 1.93. The number of likely N-dealkylation sites (tertiary alicyclic amines) is 1. The molecule has 2 atom stereocenters. The average molecular weight is 334 g/mol. The van der Waals surface area contributed by atoms with Crippen LogP contribution in [0.4, 0.5) is 0 Å². The average Bonchev–Trinajstić information content (AvgIpc) is 2.61. The first kappa shape index (κ1) is 17.9. The molecule has 1 heterocycles. The summed E-state index contributed by atoms with van der Waals surface area (Å²) in [6, 6.07) is 8.25. The second kappa shape index (κ2) is 8.39. The Morgan fingerprint density at radius 3 is 2.65 bits per heavy atom. The highest BCUT2D eigenvalue weighted by Crippen LogP contribution is 2.21. The Hall–Kier alpha value is -1.49. The smallest absolute Gasteiger partial charge is 0.225 e. The molecule has 2 amide bonds. The number of nitrogens with one attached hydrogen (secondary N) is 1. The van der Waals surface area contributed by atoms with Crippen LogP contribution in [0.2, 0.25) is 0 Å². The van der Waals surface area contributed by atoms with E-state index in [-0.39, 0.29) is 23.8 Å². The van der Waals surface area contributed by atoms with Crippen LogP contribution in [0.1, 0.15) is 44.7 Å². The molecule has 0 unspecified atom stereocenters. The van der Waals surface area contributed by atoms with Gasteiger partial charge < -0.3 is 10.2 Å². The van der Waals surface area contributed by atoms with E-state index in [1.165, 1.54) is 4.90 Å². The molecule has 0 spiro atoms. The zero-order valence-electron chi connectivity index (χ0n) is 14.2. The van der Waals surface area contributed by atoms with Crippen molar-refractivity contribution in [2.45, 2.75) is 44.0 Å². The molecule has 0 aliphatic carbocycles. The van der Waals surface area contributed by atoms with Crippen molar-refractivity contribution < 1.29 is 9.59 Å². The van der Waals surface area contributed by atoms with Gasteiger partial charge in [0.1, 0.15) is 0 Å². The van der Waals surface area contributed by atoms with Crippen molar-refractivity contribution in [1.29, 1.82) is 0 Å². The maximum Gasteiger partial charge on any atom is 0.225 e. The highest BCUT2D eigenvalue weighted by atomic mass is 32.2. The topological polar surface area (TPSA) is 49.4 Å². The fourth-order valence-electron chi connectivity index (χ4n) is 2.95. The van der Waals surface area contributed by atoms with Gasteiger partial charge >= 0.3 is 0 Å². The lowest BCUT2D eigenvalue weighted by Crippen LogP contribution is -2.45. The molecular weight excluding hydrogens is 308 g/mol. The molecule has 2 rings (SSSR count). The molecule has 126 valence electrons. The van der Waals surface area contributed by atoms with Gasteiger partial charge in [-0.15, -0.1) is 11.8 Å². The Morgan fingerprint density at radius 1 is 1.35 bits per heavy atom. The Kier molecular flexibility index (Phi) is 6.51. The Labute approximate surface area is 143 Å². The van der Waals surface area contributed by atoms with Gasteiger partial charge in [-0.1, -0.05) is 19.1 Å². The van der Waals surface area contributed by atoms with Crippen LogP contribution in [0.25, 0.3) is 0 Å². The minimum atomic E-state index is -0.0906. The summed E-state index contributed by atoms with van der Waals surface area (Å²) in [4.78, 5) is 27.4. The summed E-state index contributed by atoms with van der Waals surface area (Å²) in [6.45, 7) is 5.20. The molecule has 1 aromatic rings. The SMILES string of the molecule is CCC(=O)N1CCC[C@H](C(=O)N[C@@H](C)c2ccc(SC)cc2)C1. The number of benzene rings is 1. The van der Waals surface area contributed by atoms with Crippen molar-refractivity contribution >= 4 is 23.6 Å². The van der Waals surface area contributed by atoms with Crippen LogP contribution in [-0.2, 0) is 9.59 Å². The number of hydrogen-bond acceptors (Lipinski definition) is 3. The predicted octanol–water partition coefficient (Wildman–Crippen LogP) is 3.23. The van der Waals surface area contributed by atoms with Crippen LogP contribution < -0.4 is 5.32 Å². The molecule has 1 aliphatic rings. The summed E-state index contributed by atoms with van der Waals surface area (Å²) in [5.41, 5.74) is 1.11. The van der Waals surface area contributed by atoms with Crippen molar-refractivity contribution in [3.8, 4) is 0 Å². The molecule has 0 aromatic heterocycles. The second-order valence-electron chi connectivity index (χ2n) is 6.04.